The normalized spacial score (nSPS) is 19.0. The number of nitrogens with one attached hydrogen (secondary N) is 1. The van der Waals surface area contributed by atoms with Crippen LogP contribution in [0.1, 0.15) is 43.8 Å². The Morgan fingerprint density at radius 3 is 2.55 bits per heavy atom. The van der Waals surface area contributed by atoms with Crippen molar-refractivity contribution in [1.29, 1.82) is 0 Å². The quantitative estimate of drug-likeness (QED) is 0.875. The van der Waals surface area contributed by atoms with Gasteiger partial charge >= 0.3 is 0 Å². The molecule has 1 aliphatic carbocycles. The van der Waals surface area contributed by atoms with Gasteiger partial charge in [0.1, 0.15) is 0 Å². The van der Waals surface area contributed by atoms with E-state index in [9.17, 15) is 9.90 Å². The van der Waals surface area contributed by atoms with Gasteiger partial charge in [0, 0.05) is 22.7 Å². The summed E-state index contributed by atoms with van der Waals surface area (Å²) < 4.78 is 0. The molecule has 0 aliphatic heterocycles. The van der Waals surface area contributed by atoms with Crippen LogP contribution in [-0.2, 0) is 4.79 Å². The van der Waals surface area contributed by atoms with Gasteiger partial charge in [0.15, 0.2) is 6.10 Å². The molecule has 122 valence electrons. The number of carbonyl (C=O) groups excluding carboxylic acids is 1. The lowest BCUT2D eigenvalue weighted by Crippen LogP contribution is -2.54. The highest BCUT2D eigenvalue weighted by atomic mass is 35.5. The highest BCUT2D eigenvalue weighted by Crippen LogP contribution is 2.32. The van der Waals surface area contributed by atoms with Crippen molar-refractivity contribution in [2.24, 2.45) is 0 Å². The molecule has 2 rings (SSSR count). The van der Waals surface area contributed by atoms with Crippen LogP contribution >= 0.6 is 11.6 Å². The Bertz CT molecular complexity index is 513. The monoisotopic (exact) mass is 324 g/mol. The van der Waals surface area contributed by atoms with Crippen LogP contribution < -0.4 is 5.32 Å². The minimum Gasteiger partial charge on any atom is -0.378 e. The van der Waals surface area contributed by atoms with Crippen molar-refractivity contribution in [3.63, 3.8) is 0 Å². The van der Waals surface area contributed by atoms with Gasteiger partial charge in [-0.3, -0.25) is 4.79 Å². The molecule has 0 bridgehead atoms. The van der Waals surface area contributed by atoms with Crippen molar-refractivity contribution < 1.29 is 9.90 Å². The van der Waals surface area contributed by atoms with Crippen molar-refractivity contribution in [1.82, 2.24) is 10.2 Å². The zero-order chi connectivity index (χ0) is 16.2. The van der Waals surface area contributed by atoms with Crippen molar-refractivity contribution in [2.45, 2.75) is 43.7 Å². The smallest absolute Gasteiger partial charge is 0.253 e. The molecule has 0 heterocycles. The van der Waals surface area contributed by atoms with Crippen molar-refractivity contribution in [3.05, 3.63) is 34.9 Å². The number of halogens is 1. The summed E-state index contributed by atoms with van der Waals surface area (Å²) in [6.45, 7) is 0.556. The van der Waals surface area contributed by atoms with E-state index in [1.54, 1.807) is 24.3 Å². The largest absolute Gasteiger partial charge is 0.378 e. The van der Waals surface area contributed by atoms with E-state index >= 15 is 0 Å². The third kappa shape index (κ3) is 3.80. The number of aliphatic hydroxyl groups is 1. The Balaban J connectivity index is 2.01. The van der Waals surface area contributed by atoms with Crippen LogP contribution in [0.4, 0.5) is 0 Å². The molecule has 1 aliphatic rings. The molecule has 0 aromatic heterocycles. The lowest BCUT2D eigenvalue weighted by molar-refractivity contribution is -0.130. The van der Waals surface area contributed by atoms with Crippen LogP contribution in [0.25, 0.3) is 0 Å². The summed E-state index contributed by atoms with van der Waals surface area (Å²) in [6.07, 6.45) is 4.54. The summed E-state index contributed by atoms with van der Waals surface area (Å²) in [5, 5.41) is 13.5. The summed E-state index contributed by atoms with van der Waals surface area (Å²) in [4.78, 5) is 14.5. The molecule has 0 spiro atoms. The van der Waals surface area contributed by atoms with E-state index < -0.39 is 6.10 Å². The Morgan fingerprint density at radius 2 is 1.95 bits per heavy atom. The van der Waals surface area contributed by atoms with Gasteiger partial charge in [-0.25, -0.2) is 0 Å². The molecular weight excluding hydrogens is 300 g/mol. The lowest BCUT2D eigenvalue weighted by atomic mass is 9.80. The second kappa shape index (κ2) is 7.44. The van der Waals surface area contributed by atoms with Gasteiger partial charge in [0.05, 0.1) is 0 Å². The number of amides is 1. The number of nitrogens with zero attached hydrogens (tertiary/aromatic N) is 1. The van der Waals surface area contributed by atoms with Crippen LogP contribution in [0.5, 0.6) is 0 Å². The van der Waals surface area contributed by atoms with E-state index in [2.05, 4.69) is 24.3 Å². The fraction of sp³-hybridized carbons (Fsp3) is 0.588. The predicted octanol–water partition coefficient (Wildman–Crippen LogP) is 2.75. The van der Waals surface area contributed by atoms with Gasteiger partial charge in [-0.05, 0) is 33.0 Å². The van der Waals surface area contributed by atoms with Gasteiger partial charge in [-0.2, -0.15) is 0 Å². The van der Waals surface area contributed by atoms with Gasteiger partial charge in [0.25, 0.3) is 5.91 Å². The molecule has 5 heteroatoms. The maximum atomic E-state index is 12.3. The van der Waals surface area contributed by atoms with E-state index in [1.807, 2.05) is 0 Å². The third-order valence-corrected chi connectivity index (χ3v) is 5.12. The molecule has 22 heavy (non-hydrogen) atoms. The maximum absolute atomic E-state index is 12.3. The Kier molecular flexibility index (Phi) is 5.84. The fourth-order valence-corrected chi connectivity index (χ4v) is 3.42. The first kappa shape index (κ1) is 17.3. The molecule has 1 unspecified atom stereocenters. The van der Waals surface area contributed by atoms with E-state index in [1.165, 1.54) is 19.3 Å². The predicted molar refractivity (Wildman–Crippen MR) is 88.9 cm³/mol. The lowest BCUT2D eigenvalue weighted by Gasteiger charge is -2.43. The number of benzene rings is 1. The van der Waals surface area contributed by atoms with Gasteiger partial charge in [0.2, 0.25) is 0 Å². The molecule has 1 fully saturated rings. The number of hydrogen-bond acceptors (Lipinski definition) is 3. The van der Waals surface area contributed by atoms with E-state index in [0.29, 0.717) is 17.1 Å². The summed E-state index contributed by atoms with van der Waals surface area (Å²) in [6, 6.07) is 6.89. The number of rotatable bonds is 5. The second-order valence-electron chi connectivity index (χ2n) is 6.32. The van der Waals surface area contributed by atoms with Crippen LogP contribution in [0.2, 0.25) is 5.02 Å². The van der Waals surface area contributed by atoms with Crippen LogP contribution in [0.3, 0.4) is 0 Å². The topological polar surface area (TPSA) is 52.6 Å². The standard InChI is InChI=1S/C17H25ClN2O2/c1-20(2)17(10-6-3-7-11-17)12-19-16(22)15(21)13-8-4-5-9-14(13)18/h4-5,8-9,15,21H,3,6-7,10-12H2,1-2H3,(H,19,22). The Morgan fingerprint density at radius 1 is 1.32 bits per heavy atom. The molecule has 1 aromatic rings. The first-order chi connectivity index (χ1) is 10.5. The molecule has 4 nitrogen and oxygen atoms in total. The molecule has 1 aromatic carbocycles. The van der Waals surface area contributed by atoms with Crippen LogP contribution in [-0.4, -0.2) is 42.1 Å². The van der Waals surface area contributed by atoms with Crippen LogP contribution in [0.15, 0.2) is 24.3 Å². The zero-order valence-electron chi connectivity index (χ0n) is 13.3. The van der Waals surface area contributed by atoms with Gasteiger partial charge in [-0.1, -0.05) is 49.1 Å². The van der Waals surface area contributed by atoms with Crippen molar-refractivity contribution in [3.8, 4) is 0 Å². The van der Waals surface area contributed by atoms with Crippen LogP contribution in [0, 0.1) is 0 Å². The summed E-state index contributed by atoms with van der Waals surface area (Å²) in [5.74, 6) is -0.389. The molecule has 2 N–H and O–H groups in total. The molecule has 1 saturated carbocycles. The highest BCUT2D eigenvalue weighted by Gasteiger charge is 2.35. The zero-order valence-corrected chi connectivity index (χ0v) is 14.1. The highest BCUT2D eigenvalue weighted by molar-refractivity contribution is 6.31. The Labute approximate surface area is 137 Å². The minimum atomic E-state index is -1.23. The second-order valence-corrected chi connectivity index (χ2v) is 6.73. The average Bonchev–Trinajstić information content (AvgIpc) is 2.53. The average molecular weight is 325 g/mol. The molecular formula is C17H25ClN2O2. The molecule has 0 radical (unpaired) electrons. The molecule has 1 atom stereocenters. The number of aliphatic hydroxyl groups excluding tert-OH is 1. The van der Waals surface area contributed by atoms with Gasteiger partial charge in [-0.15, -0.1) is 0 Å². The van der Waals surface area contributed by atoms with Crippen molar-refractivity contribution in [2.75, 3.05) is 20.6 Å². The molecule has 0 saturated heterocycles. The SMILES string of the molecule is CN(C)C1(CNC(=O)C(O)c2ccccc2Cl)CCCCC1. The van der Waals surface area contributed by atoms with E-state index in [4.69, 9.17) is 11.6 Å². The van der Waals surface area contributed by atoms with Gasteiger partial charge < -0.3 is 15.3 Å². The number of carbonyl (C=O) groups is 1. The van der Waals surface area contributed by atoms with E-state index in [-0.39, 0.29) is 11.4 Å². The summed E-state index contributed by atoms with van der Waals surface area (Å²) >= 11 is 6.04. The number of hydrogen-bond donors (Lipinski definition) is 2. The first-order valence-electron chi connectivity index (χ1n) is 7.84. The summed E-state index contributed by atoms with van der Waals surface area (Å²) in [5.41, 5.74) is 0.443. The van der Waals surface area contributed by atoms with E-state index in [0.717, 1.165) is 12.8 Å². The minimum absolute atomic E-state index is 0.00584. The fourth-order valence-electron chi connectivity index (χ4n) is 3.18. The first-order valence-corrected chi connectivity index (χ1v) is 8.22. The number of likely N-dealkylation sites (N-methyl/N-ethyl adjacent to an activating group) is 1. The molecule has 1 amide bonds. The third-order valence-electron chi connectivity index (χ3n) is 4.77. The maximum Gasteiger partial charge on any atom is 0.253 e. The van der Waals surface area contributed by atoms with Crippen molar-refractivity contribution >= 4 is 17.5 Å². The Hall–Kier alpha value is -1.10. The summed E-state index contributed by atoms with van der Waals surface area (Å²) in [7, 11) is 4.12.